The number of thioether (sulfide) groups is 1. The Bertz CT molecular complexity index is 679. The Hall–Kier alpha value is -1.24. The number of benzene rings is 1. The number of hydrogen-bond donors (Lipinski definition) is 1. The second-order valence-electron chi connectivity index (χ2n) is 7.17. The molecule has 148 valence electrons. The standard InChI is InChI=1S/C20H28ClN3O2S/c1-3-17-19(26)24(20(27-17)15-7-5-6-8-16(15)21)14-11-22-9-12-23(13-10-22)18(25)4-2/h5-8,17,20H,3-4,9-14H2,1-2H3/p+1/t17-,20-/m0/s1. The van der Waals surface area contributed by atoms with Gasteiger partial charge >= 0.3 is 0 Å². The fourth-order valence-electron chi connectivity index (χ4n) is 3.83. The molecule has 0 saturated carbocycles. The van der Waals surface area contributed by atoms with Crippen molar-refractivity contribution in [3.05, 3.63) is 34.9 Å². The highest BCUT2D eigenvalue weighted by Crippen LogP contribution is 2.45. The summed E-state index contributed by atoms with van der Waals surface area (Å²) >= 11 is 8.14. The molecule has 1 aromatic carbocycles. The molecule has 27 heavy (non-hydrogen) atoms. The zero-order valence-electron chi connectivity index (χ0n) is 16.1. The second kappa shape index (κ2) is 9.30. The number of piperazine rings is 1. The Balaban J connectivity index is 1.63. The zero-order valence-corrected chi connectivity index (χ0v) is 17.7. The van der Waals surface area contributed by atoms with E-state index < -0.39 is 0 Å². The van der Waals surface area contributed by atoms with Gasteiger partial charge in [0.1, 0.15) is 5.37 Å². The van der Waals surface area contributed by atoms with Crippen molar-refractivity contribution in [1.29, 1.82) is 0 Å². The van der Waals surface area contributed by atoms with Crippen LogP contribution in [0.3, 0.4) is 0 Å². The van der Waals surface area contributed by atoms with Crippen LogP contribution in [0.4, 0.5) is 0 Å². The highest BCUT2D eigenvalue weighted by molar-refractivity contribution is 8.01. The molecule has 0 aromatic heterocycles. The van der Waals surface area contributed by atoms with Gasteiger partial charge in [-0.3, -0.25) is 9.59 Å². The smallest absolute Gasteiger partial charge is 0.237 e. The summed E-state index contributed by atoms with van der Waals surface area (Å²) in [7, 11) is 0. The maximum Gasteiger partial charge on any atom is 0.237 e. The van der Waals surface area contributed by atoms with Gasteiger partial charge in [-0.25, -0.2) is 0 Å². The van der Waals surface area contributed by atoms with Crippen LogP contribution in [0.15, 0.2) is 24.3 Å². The third-order valence-electron chi connectivity index (χ3n) is 5.51. The zero-order chi connectivity index (χ0) is 19.4. The average Bonchev–Trinajstić information content (AvgIpc) is 3.02. The quantitative estimate of drug-likeness (QED) is 0.778. The van der Waals surface area contributed by atoms with E-state index in [2.05, 4.69) is 6.92 Å². The van der Waals surface area contributed by atoms with Gasteiger partial charge in [0.15, 0.2) is 0 Å². The van der Waals surface area contributed by atoms with Crippen molar-refractivity contribution in [2.24, 2.45) is 0 Å². The predicted molar refractivity (Wildman–Crippen MR) is 110 cm³/mol. The van der Waals surface area contributed by atoms with E-state index in [4.69, 9.17) is 11.6 Å². The van der Waals surface area contributed by atoms with Gasteiger partial charge in [-0.1, -0.05) is 43.6 Å². The van der Waals surface area contributed by atoms with Gasteiger partial charge in [-0.05, 0) is 12.5 Å². The van der Waals surface area contributed by atoms with E-state index >= 15 is 0 Å². The van der Waals surface area contributed by atoms with Gasteiger partial charge in [0.05, 0.1) is 44.5 Å². The monoisotopic (exact) mass is 410 g/mol. The van der Waals surface area contributed by atoms with Crippen LogP contribution in [-0.2, 0) is 9.59 Å². The molecule has 1 N–H and O–H groups in total. The molecule has 3 rings (SSSR count). The molecule has 1 aromatic rings. The maximum atomic E-state index is 12.9. The van der Waals surface area contributed by atoms with Crippen LogP contribution in [0.1, 0.15) is 37.6 Å². The van der Waals surface area contributed by atoms with Crippen molar-refractivity contribution >= 4 is 35.2 Å². The van der Waals surface area contributed by atoms with E-state index in [-0.39, 0.29) is 22.4 Å². The summed E-state index contributed by atoms with van der Waals surface area (Å²) in [4.78, 5) is 30.1. The van der Waals surface area contributed by atoms with Crippen LogP contribution < -0.4 is 4.90 Å². The maximum absolute atomic E-state index is 12.9. The van der Waals surface area contributed by atoms with Gasteiger partial charge in [0.25, 0.3) is 0 Å². The van der Waals surface area contributed by atoms with Crippen LogP contribution >= 0.6 is 23.4 Å². The van der Waals surface area contributed by atoms with E-state index in [9.17, 15) is 9.59 Å². The average molecular weight is 411 g/mol. The minimum absolute atomic E-state index is 0.00138. The van der Waals surface area contributed by atoms with Crippen LogP contribution in [0.5, 0.6) is 0 Å². The molecule has 2 heterocycles. The SMILES string of the molecule is CCC(=O)N1CC[NH+](CCN2C(=O)[C@H](CC)S[C@H]2c2ccccc2Cl)CC1. The van der Waals surface area contributed by atoms with Gasteiger partial charge < -0.3 is 14.7 Å². The van der Waals surface area contributed by atoms with E-state index in [0.717, 1.165) is 56.3 Å². The van der Waals surface area contributed by atoms with Gasteiger partial charge in [-0.2, -0.15) is 0 Å². The van der Waals surface area contributed by atoms with Crippen LogP contribution in [0.25, 0.3) is 0 Å². The largest absolute Gasteiger partial charge is 0.331 e. The predicted octanol–water partition coefficient (Wildman–Crippen LogP) is 1.83. The fraction of sp³-hybridized carbons (Fsp3) is 0.600. The topological polar surface area (TPSA) is 45.1 Å². The van der Waals surface area contributed by atoms with E-state index in [0.29, 0.717) is 6.42 Å². The first kappa shape index (κ1) is 20.5. The number of rotatable bonds is 6. The molecule has 0 unspecified atom stereocenters. The summed E-state index contributed by atoms with van der Waals surface area (Å²) in [5, 5.41) is 0.738. The summed E-state index contributed by atoms with van der Waals surface area (Å²) in [6, 6.07) is 7.84. The minimum atomic E-state index is -0.00138. The number of carbonyl (C=O) groups excluding carboxylic acids is 2. The number of halogens is 1. The van der Waals surface area contributed by atoms with Crippen molar-refractivity contribution in [2.75, 3.05) is 39.3 Å². The second-order valence-corrected chi connectivity index (χ2v) is 8.87. The first-order valence-corrected chi connectivity index (χ1v) is 11.2. The minimum Gasteiger partial charge on any atom is -0.331 e. The number of carbonyl (C=O) groups is 2. The van der Waals surface area contributed by atoms with Gasteiger partial charge in [-0.15, -0.1) is 11.8 Å². The Morgan fingerprint density at radius 1 is 1.26 bits per heavy atom. The van der Waals surface area contributed by atoms with E-state index in [1.54, 1.807) is 11.8 Å². The first-order valence-electron chi connectivity index (χ1n) is 9.86. The number of nitrogens with one attached hydrogen (secondary N) is 1. The van der Waals surface area contributed by atoms with Crippen LogP contribution in [0, 0.1) is 0 Å². The van der Waals surface area contributed by atoms with Gasteiger partial charge in [0, 0.05) is 17.0 Å². The lowest BCUT2D eigenvalue weighted by molar-refractivity contribution is -0.903. The molecule has 7 heteroatoms. The van der Waals surface area contributed by atoms with E-state index in [1.165, 1.54) is 4.90 Å². The first-order chi connectivity index (χ1) is 13.0. The highest BCUT2D eigenvalue weighted by Gasteiger charge is 2.41. The summed E-state index contributed by atoms with van der Waals surface area (Å²) < 4.78 is 0. The van der Waals surface area contributed by atoms with Crippen LogP contribution in [0.2, 0.25) is 5.02 Å². The molecule has 2 saturated heterocycles. The Morgan fingerprint density at radius 2 is 1.96 bits per heavy atom. The number of amides is 2. The molecule has 2 amide bonds. The molecule has 0 spiro atoms. The molecule has 5 nitrogen and oxygen atoms in total. The number of quaternary nitrogens is 1. The number of nitrogens with zero attached hydrogens (tertiary/aromatic N) is 2. The lowest BCUT2D eigenvalue weighted by Gasteiger charge is -2.33. The van der Waals surface area contributed by atoms with Crippen molar-refractivity contribution < 1.29 is 14.5 Å². The Kier molecular flexibility index (Phi) is 7.06. The van der Waals surface area contributed by atoms with Crippen molar-refractivity contribution in [1.82, 2.24) is 9.80 Å². The summed E-state index contributed by atoms with van der Waals surface area (Å²) in [5.41, 5.74) is 1.03. The summed E-state index contributed by atoms with van der Waals surface area (Å²) in [6.45, 7) is 9.17. The molecule has 0 radical (unpaired) electrons. The van der Waals surface area contributed by atoms with Gasteiger partial charge in [0.2, 0.25) is 11.8 Å². The van der Waals surface area contributed by atoms with Crippen molar-refractivity contribution in [3.8, 4) is 0 Å². The third kappa shape index (κ3) is 4.61. The highest BCUT2D eigenvalue weighted by atomic mass is 35.5. The lowest BCUT2D eigenvalue weighted by atomic mass is 10.2. The van der Waals surface area contributed by atoms with Crippen LogP contribution in [-0.4, -0.2) is 66.1 Å². The third-order valence-corrected chi connectivity index (χ3v) is 7.48. The summed E-state index contributed by atoms with van der Waals surface area (Å²) in [5.74, 6) is 0.469. The molecule has 0 bridgehead atoms. The molecule has 2 aliphatic rings. The summed E-state index contributed by atoms with van der Waals surface area (Å²) in [6.07, 6.45) is 1.42. The molecule has 2 atom stereocenters. The van der Waals surface area contributed by atoms with E-state index in [1.807, 2.05) is 41.0 Å². The Morgan fingerprint density at radius 3 is 2.59 bits per heavy atom. The van der Waals surface area contributed by atoms with Crippen molar-refractivity contribution in [2.45, 2.75) is 37.3 Å². The molecule has 2 fully saturated rings. The number of hydrogen-bond acceptors (Lipinski definition) is 3. The fourth-order valence-corrected chi connectivity index (χ4v) is 5.59. The molecular formula is C20H29ClN3O2S+. The van der Waals surface area contributed by atoms with Crippen molar-refractivity contribution in [3.63, 3.8) is 0 Å². The lowest BCUT2D eigenvalue weighted by Crippen LogP contribution is -3.15. The Labute approximate surface area is 171 Å². The molecule has 0 aliphatic carbocycles. The molecule has 2 aliphatic heterocycles. The molecular weight excluding hydrogens is 382 g/mol. The normalized spacial score (nSPS) is 23.9.